The van der Waals surface area contributed by atoms with Crippen molar-refractivity contribution < 1.29 is 4.74 Å². The molecule has 1 aliphatic heterocycles. The van der Waals surface area contributed by atoms with Gasteiger partial charge in [-0.1, -0.05) is 40.2 Å². The summed E-state index contributed by atoms with van der Waals surface area (Å²) in [6.45, 7) is 0.970. The lowest BCUT2D eigenvalue weighted by molar-refractivity contribution is 0.0906. The molecule has 1 heterocycles. The Morgan fingerprint density at radius 1 is 1.31 bits per heavy atom. The predicted octanol–water partition coefficient (Wildman–Crippen LogP) is 3.86. The van der Waals surface area contributed by atoms with Crippen LogP contribution in [-0.4, -0.2) is 12.7 Å². The standard InChI is InChI=1S/C14H17BrO/c15-14-11(9-12-5-3-7-16-12)8-10-4-1-2-6-13(10)14/h1-2,4,6,11-12,14H,3,5,7-9H2. The lowest BCUT2D eigenvalue weighted by Gasteiger charge is -2.18. The molecular weight excluding hydrogens is 264 g/mol. The van der Waals surface area contributed by atoms with Crippen LogP contribution in [0.1, 0.15) is 35.2 Å². The van der Waals surface area contributed by atoms with Gasteiger partial charge in [-0.05, 0) is 42.7 Å². The number of hydrogen-bond donors (Lipinski definition) is 0. The monoisotopic (exact) mass is 280 g/mol. The van der Waals surface area contributed by atoms with Crippen molar-refractivity contribution in [2.24, 2.45) is 5.92 Å². The third-order valence-corrected chi connectivity index (χ3v) is 5.08. The van der Waals surface area contributed by atoms with E-state index in [1.807, 2.05) is 0 Å². The van der Waals surface area contributed by atoms with E-state index in [1.165, 1.54) is 36.8 Å². The summed E-state index contributed by atoms with van der Waals surface area (Å²) in [6.07, 6.45) is 5.44. The zero-order valence-corrected chi connectivity index (χ0v) is 10.9. The van der Waals surface area contributed by atoms with E-state index in [1.54, 1.807) is 0 Å². The van der Waals surface area contributed by atoms with Crippen LogP contribution in [0.3, 0.4) is 0 Å². The van der Waals surface area contributed by atoms with E-state index >= 15 is 0 Å². The van der Waals surface area contributed by atoms with Gasteiger partial charge in [0, 0.05) is 11.4 Å². The maximum atomic E-state index is 5.74. The van der Waals surface area contributed by atoms with E-state index in [2.05, 4.69) is 40.2 Å². The van der Waals surface area contributed by atoms with Crippen molar-refractivity contribution >= 4 is 15.9 Å². The van der Waals surface area contributed by atoms with E-state index in [0.29, 0.717) is 10.9 Å². The largest absolute Gasteiger partial charge is 0.378 e. The van der Waals surface area contributed by atoms with Gasteiger partial charge in [-0.15, -0.1) is 0 Å². The first-order chi connectivity index (χ1) is 7.84. The number of hydrogen-bond acceptors (Lipinski definition) is 1. The highest BCUT2D eigenvalue weighted by Gasteiger charge is 2.32. The fourth-order valence-corrected chi connectivity index (χ4v) is 3.85. The summed E-state index contributed by atoms with van der Waals surface area (Å²) in [6, 6.07) is 8.80. The highest BCUT2D eigenvalue weighted by molar-refractivity contribution is 9.09. The quantitative estimate of drug-likeness (QED) is 0.748. The summed E-state index contributed by atoms with van der Waals surface area (Å²) in [7, 11) is 0. The average molecular weight is 281 g/mol. The summed E-state index contributed by atoms with van der Waals surface area (Å²) in [5.74, 6) is 0.723. The minimum atomic E-state index is 0.513. The highest BCUT2D eigenvalue weighted by Crippen LogP contribution is 2.44. The summed E-state index contributed by atoms with van der Waals surface area (Å²) in [4.78, 5) is 0.535. The van der Waals surface area contributed by atoms with E-state index in [4.69, 9.17) is 4.74 Å². The molecule has 0 N–H and O–H groups in total. The summed E-state index contributed by atoms with van der Waals surface area (Å²) in [5, 5.41) is 0. The van der Waals surface area contributed by atoms with E-state index in [0.717, 1.165) is 12.5 Å². The number of ether oxygens (including phenoxy) is 1. The van der Waals surface area contributed by atoms with Gasteiger partial charge in [0.2, 0.25) is 0 Å². The Labute approximate surface area is 105 Å². The molecule has 3 atom stereocenters. The molecule has 1 aromatic carbocycles. The minimum absolute atomic E-state index is 0.513. The number of fused-ring (bicyclic) bond motifs is 1. The van der Waals surface area contributed by atoms with Crippen LogP contribution in [0.25, 0.3) is 0 Å². The highest BCUT2D eigenvalue weighted by atomic mass is 79.9. The number of halogens is 1. The molecule has 0 saturated carbocycles. The fraction of sp³-hybridized carbons (Fsp3) is 0.571. The minimum Gasteiger partial charge on any atom is -0.378 e. The first kappa shape index (κ1) is 10.8. The van der Waals surface area contributed by atoms with Gasteiger partial charge in [-0.25, -0.2) is 0 Å². The molecule has 0 aromatic heterocycles. The Balaban J connectivity index is 1.71. The second-order valence-electron chi connectivity index (χ2n) is 4.94. The Bertz CT molecular complexity index is 371. The molecule has 3 rings (SSSR count). The molecule has 1 saturated heterocycles. The molecule has 1 fully saturated rings. The van der Waals surface area contributed by atoms with E-state index in [-0.39, 0.29) is 0 Å². The van der Waals surface area contributed by atoms with Gasteiger partial charge in [0.25, 0.3) is 0 Å². The molecular formula is C14H17BrO. The van der Waals surface area contributed by atoms with Gasteiger partial charge < -0.3 is 4.74 Å². The second kappa shape index (κ2) is 4.50. The molecule has 0 bridgehead atoms. The molecule has 16 heavy (non-hydrogen) atoms. The van der Waals surface area contributed by atoms with Crippen molar-refractivity contribution in [3.8, 4) is 0 Å². The predicted molar refractivity (Wildman–Crippen MR) is 68.9 cm³/mol. The van der Waals surface area contributed by atoms with Gasteiger partial charge in [-0.3, -0.25) is 0 Å². The van der Waals surface area contributed by atoms with E-state index in [9.17, 15) is 0 Å². The Morgan fingerprint density at radius 2 is 2.19 bits per heavy atom. The molecule has 0 spiro atoms. The van der Waals surface area contributed by atoms with Gasteiger partial charge >= 0.3 is 0 Å². The van der Waals surface area contributed by atoms with Crippen LogP contribution in [0.15, 0.2) is 24.3 Å². The maximum Gasteiger partial charge on any atom is 0.0579 e. The summed E-state index contributed by atoms with van der Waals surface area (Å²) in [5.41, 5.74) is 3.01. The number of rotatable bonds is 2. The number of alkyl halides is 1. The molecule has 1 aromatic rings. The van der Waals surface area contributed by atoms with Crippen LogP contribution >= 0.6 is 15.9 Å². The Kier molecular flexibility index (Phi) is 3.03. The van der Waals surface area contributed by atoms with Gasteiger partial charge in [0.1, 0.15) is 0 Å². The molecule has 0 radical (unpaired) electrons. The van der Waals surface area contributed by atoms with Gasteiger partial charge in [0.15, 0.2) is 0 Å². The Hall–Kier alpha value is -0.340. The van der Waals surface area contributed by atoms with Crippen molar-refractivity contribution in [3.63, 3.8) is 0 Å². The number of benzene rings is 1. The second-order valence-corrected chi connectivity index (χ2v) is 5.92. The third-order valence-electron chi connectivity index (χ3n) is 3.84. The summed E-state index contributed by atoms with van der Waals surface area (Å²) >= 11 is 3.86. The van der Waals surface area contributed by atoms with Crippen LogP contribution < -0.4 is 0 Å². The van der Waals surface area contributed by atoms with Crippen molar-refractivity contribution in [2.75, 3.05) is 6.61 Å². The molecule has 1 aliphatic carbocycles. The fourth-order valence-electron chi connectivity index (χ4n) is 3.00. The van der Waals surface area contributed by atoms with Gasteiger partial charge in [-0.2, -0.15) is 0 Å². The SMILES string of the molecule is BrC1c2ccccc2CC1CC1CCCO1. The van der Waals surface area contributed by atoms with Crippen molar-refractivity contribution in [2.45, 2.75) is 36.6 Å². The van der Waals surface area contributed by atoms with Crippen LogP contribution in [0.4, 0.5) is 0 Å². The molecule has 86 valence electrons. The smallest absolute Gasteiger partial charge is 0.0579 e. The first-order valence-electron chi connectivity index (χ1n) is 6.18. The van der Waals surface area contributed by atoms with Crippen molar-refractivity contribution in [1.82, 2.24) is 0 Å². The lowest BCUT2D eigenvalue weighted by Crippen LogP contribution is -2.14. The zero-order valence-electron chi connectivity index (χ0n) is 9.36. The molecule has 2 aliphatic rings. The zero-order chi connectivity index (χ0) is 11.0. The lowest BCUT2D eigenvalue weighted by atomic mass is 9.97. The van der Waals surface area contributed by atoms with E-state index < -0.39 is 0 Å². The van der Waals surface area contributed by atoms with Crippen molar-refractivity contribution in [1.29, 1.82) is 0 Å². The third kappa shape index (κ3) is 1.93. The van der Waals surface area contributed by atoms with Crippen LogP contribution in [0.2, 0.25) is 0 Å². The van der Waals surface area contributed by atoms with Crippen LogP contribution in [0.5, 0.6) is 0 Å². The van der Waals surface area contributed by atoms with Crippen LogP contribution in [0, 0.1) is 5.92 Å². The molecule has 2 heteroatoms. The van der Waals surface area contributed by atoms with Crippen LogP contribution in [-0.2, 0) is 11.2 Å². The average Bonchev–Trinajstić information content (AvgIpc) is 2.90. The first-order valence-corrected chi connectivity index (χ1v) is 7.09. The molecule has 1 nitrogen and oxygen atoms in total. The molecule has 0 amide bonds. The maximum absolute atomic E-state index is 5.74. The van der Waals surface area contributed by atoms with Gasteiger partial charge in [0.05, 0.1) is 6.10 Å². The normalized spacial score (nSPS) is 32.9. The Morgan fingerprint density at radius 3 is 2.94 bits per heavy atom. The topological polar surface area (TPSA) is 9.23 Å². The molecule has 3 unspecified atom stereocenters. The summed E-state index contributed by atoms with van der Waals surface area (Å²) < 4.78 is 5.74. The van der Waals surface area contributed by atoms with Crippen molar-refractivity contribution in [3.05, 3.63) is 35.4 Å².